The SMILES string of the molecule is C=CC(=O)NCCCOc1ccc(C(F)(F)c2ccc(OCC(O)CF)cc2)cc1. The van der Waals surface area contributed by atoms with Gasteiger partial charge in [-0.2, -0.15) is 8.78 Å². The van der Waals surface area contributed by atoms with Crippen LogP contribution in [0.15, 0.2) is 61.2 Å². The fourth-order valence-corrected chi connectivity index (χ4v) is 2.47. The normalized spacial score (nSPS) is 12.1. The molecule has 2 N–H and O–H groups in total. The van der Waals surface area contributed by atoms with Crippen LogP contribution in [0.5, 0.6) is 11.5 Å². The molecule has 162 valence electrons. The van der Waals surface area contributed by atoms with Gasteiger partial charge < -0.3 is 19.9 Å². The highest BCUT2D eigenvalue weighted by atomic mass is 19.3. The van der Waals surface area contributed by atoms with Gasteiger partial charge in [0.1, 0.15) is 30.9 Å². The van der Waals surface area contributed by atoms with E-state index < -0.39 is 18.7 Å². The van der Waals surface area contributed by atoms with E-state index in [2.05, 4.69) is 11.9 Å². The van der Waals surface area contributed by atoms with Crippen LogP contribution in [-0.2, 0) is 10.7 Å². The molecule has 0 bridgehead atoms. The van der Waals surface area contributed by atoms with Crippen LogP contribution in [0.2, 0.25) is 0 Å². The van der Waals surface area contributed by atoms with Gasteiger partial charge in [-0.15, -0.1) is 0 Å². The molecule has 0 radical (unpaired) electrons. The Hall–Kier alpha value is -3.00. The van der Waals surface area contributed by atoms with Gasteiger partial charge in [-0.3, -0.25) is 4.79 Å². The van der Waals surface area contributed by atoms with Crippen molar-refractivity contribution >= 4 is 5.91 Å². The first-order valence-corrected chi connectivity index (χ1v) is 9.35. The number of amides is 1. The number of aliphatic hydroxyl groups excluding tert-OH is 1. The van der Waals surface area contributed by atoms with Gasteiger partial charge in [0.05, 0.1) is 6.61 Å². The Labute approximate surface area is 173 Å². The van der Waals surface area contributed by atoms with Crippen molar-refractivity contribution in [2.45, 2.75) is 18.4 Å². The molecule has 0 saturated heterocycles. The van der Waals surface area contributed by atoms with Crippen LogP contribution in [0.3, 0.4) is 0 Å². The number of rotatable bonds is 12. The van der Waals surface area contributed by atoms with Gasteiger partial charge in [0, 0.05) is 17.7 Å². The highest BCUT2D eigenvalue weighted by Crippen LogP contribution is 2.37. The van der Waals surface area contributed by atoms with E-state index in [9.17, 15) is 18.0 Å². The van der Waals surface area contributed by atoms with Gasteiger partial charge in [0.15, 0.2) is 0 Å². The van der Waals surface area contributed by atoms with Gasteiger partial charge in [0.2, 0.25) is 5.91 Å². The number of nitrogens with one attached hydrogen (secondary N) is 1. The van der Waals surface area contributed by atoms with E-state index in [-0.39, 0.29) is 29.4 Å². The van der Waals surface area contributed by atoms with Gasteiger partial charge in [-0.1, -0.05) is 6.58 Å². The molecule has 0 spiro atoms. The van der Waals surface area contributed by atoms with Crippen LogP contribution < -0.4 is 14.8 Å². The number of carbonyl (C=O) groups is 1. The molecule has 0 aliphatic heterocycles. The second kappa shape index (κ2) is 11.3. The average Bonchev–Trinajstić information content (AvgIpc) is 2.77. The van der Waals surface area contributed by atoms with Crippen LogP contribution in [0.25, 0.3) is 0 Å². The number of ether oxygens (including phenoxy) is 2. The van der Waals surface area contributed by atoms with E-state index in [0.29, 0.717) is 25.3 Å². The zero-order chi connectivity index (χ0) is 22.0. The largest absolute Gasteiger partial charge is 0.494 e. The third-order valence-corrected chi connectivity index (χ3v) is 4.13. The van der Waals surface area contributed by atoms with Crippen LogP contribution in [0.4, 0.5) is 13.2 Å². The molecule has 30 heavy (non-hydrogen) atoms. The Morgan fingerprint density at radius 1 is 1.07 bits per heavy atom. The van der Waals surface area contributed by atoms with Crippen LogP contribution in [0.1, 0.15) is 17.5 Å². The molecule has 0 saturated carbocycles. The molecular weight excluding hydrogens is 399 g/mol. The fourth-order valence-electron chi connectivity index (χ4n) is 2.47. The lowest BCUT2D eigenvalue weighted by atomic mass is 10.0. The summed E-state index contributed by atoms with van der Waals surface area (Å²) in [6.45, 7) is 2.90. The third-order valence-electron chi connectivity index (χ3n) is 4.13. The summed E-state index contributed by atoms with van der Waals surface area (Å²) < 4.78 is 52.4. The molecule has 8 heteroatoms. The van der Waals surface area contributed by atoms with Gasteiger partial charge in [-0.25, -0.2) is 4.39 Å². The number of benzene rings is 2. The smallest absolute Gasteiger partial charge is 0.298 e. The van der Waals surface area contributed by atoms with Crippen molar-refractivity contribution in [1.82, 2.24) is 5.32 Å². The summed E-state index contributed by atoms with van der Waals surface area (Å²) in [5, 5.41) is 11.7. The molecule has 5 nitrogen and oxygen atoms in total. The molecule has 0 fully saturated rings. The van der Waals surface area contributed by atoms with Crippen LogP contribution in [0, 0.1) is 0 Å². The Kier molecular flexibility index (Phi) is 8.73. The number of halogens is 3. The lowest BCUT2D eigenvalue weighted by molar-refractivity contribution is -0.116. The zero-order valence-corrected chi connectivity index (χ0v) is 16.3. The molecule has 1 unspecified atom stereocenters. The minimum atomic E-state index is -3.23. The Balaban J connectivity index is 1.91. The predicted molar refractivity (Wildman–Crippen MR) is 107 cm³/mol. The summed E-state index contributed by atoms with van der Waals surface area (Å²) in [5.74, 6) is -2.79. The minimum absolute atomic E-state index is 0.199. The Morgan fingerprint density at radius 2 is 1.60 bits per heavy atom. The van der Waals surface area contributed by atoms with Crippen molar-refractivity contribution < 1.29 is 32.5 Å². The average molecular weight is 423 g/mol. The summed E-state index contributed by atoms with van der Waals surface area (Å²) in [6, 6.07) is 10.6. The molecule has 1 amide bonds. The number of aliphatic hydroxyl groups is 1. The summed E-state index contributed by atoms with van der Waals surface area (Å²) in [7, 11) is 0. The van der Waals surface area contributed by atoms with Crippen molar-refractivity contribution in [3.8, 4) is 11.5 Å². The minimum Gasteiger partial charge on any atom is -0.494 e. The molecule has 2 aromatic carbocycles. The quantitative estimate of drug-likeness (QED) is 0.404. The molecule has 2 aromatic rings. The van der Waals surface area contributed by atoms with Crippen molar-refractivity contribution in [2.75, 3.05) is 26.4 Å². The number of alkyl halides is 3. The van der Waals surface area contributed by atoms with Gasteiger partial charge in [0.25, 0.3) is 5.92 Å². The highest BCUT2D eigenvalue weighted by molar-refractivity contribution is 5.86. The lowest BCUT2D eigenvalue weighted by Gasteiger charge is -2.18. The first-order chi connectivity index (χ1) is 14.4. The monoisotopic (exact) mass is 423 g/mol. The van der Waals surface area contributed by atoms with Crippen molar-refractivity contribution in [3.63, 3.8) is 0 Å². The maximum absolute atomic E-state index is 14.8. The lowest BCUT2D eigenvalue weighted by Crippen LogP contribution is -2.23. The molecule has 0 aliphatic rings. The molecule has 1 atom stereocenters. The zero-order valence-electron chi connectivity index (χ0n) is 16.3. The maximum Gasteiger partial charge on any atom is 0.298 e. The molecule has 0 aromatic heterocycles. The topological polar surface area (TPSA) is 67.8 Å². The second-order valence-corrected chi connectivity index (χ2v) is 6.44. The maximum atomic E-state index is 14.8. The summed E-state index contributed by atoms with van der Waals surface area (Å²) in [6.07, 6.45) is 0.490. The second-order valence-electron chi connectivity index (χ2n) is 6.44. The van der Waals surface area contributed by atoms with Crippen LogP contribution in [-0.4, -0.2) is 43.6 Å². The van der Waals surface area contributed by atoms with E-state index in [0.717, 1.165) is 0 Å². The Bertz CT molecular complexity index is 810. The fraction of sp³-hybridized carbons (Fsp3) is 0.318. The summed E-state index contributed by atoms with van der Waals surface area (Å²) >= 11 is 0. The first-order valence-electron chi connectivity index (χ1n) is 9.35. The Morgan fingerprint density at radius 3 is 2.10 bits per heavy atom. The van der Waals surface area contributed by atoms with Crippen molar-refractivity contribution in [3.05, 3.63) is 72.3 Å². The van der Waals surface area contributed by atoms with E-state index in [1.165, 1.54) is 54.6 Å². The molecule has 0 heterocycles. The van der Waals surface area contributed by atoms with E-state index in [1.54, 1.807) is 0 Å². The highest BCUT2D eigenvalue weighted by Gasteiger charge is 2.33. The first kappa shape index (κ1) is 23.3. The van der Waals surface area contributed by atoms with Crippen molar-refractivity contribution in [1.29, 1.82) is 0 Å². The standard InChI is InChI=1S/C22H24F3NO4/c1-2-21(28)26-12-3-13-29-19-8-4-16(5-9-19)22(24,25)17-6-10-20(11-7-17)30-15-18(27)14-23/h2,4-11,18,27H,1,3,12-15H2,(H,26,28). The van der Waals surface area contributed by atoms with Gasteiger partial charge in [-0.05, 0) is 61.0 Å². The number of hydrogen-bond donors (Lipinski definition) is 2. The van der Waals surface area contributed by atoms with Crippen molar-refractivity contribution in [2.24, 2.45) is 0 Å². The van der Waals surface area contributed by atoms with Gasteiger partial charge >= 0.3 is 0 Å². The van der Waals surface area contributed by atoms with E-state index in [4.69, 9.17) is 14.6 Å². The van der Waals surface area contributed by atoms with E-state index in [1.807, 2.05) is 0 Å². The summed E-state index contributed by atoms with van der Waals surface area (Å²) in [4.78, 5) is 11.0. The predicted octanol–water partition coefficient (Wildman–Crippen LogP) is 3.61. The number of carbonyl (C=O) groups excluding carboxylic acids is 1. The summed E-state index contributed by atoms with van der Waals surface area (Å²) in [5.41, 5.74) is -0.429. The van der Waals surface area contributed by atoms with Crippen LogP contribution >= 0.6 is 0 Å². The number of hydrogen-bond acceptors (Lipinski definition) is 4. The third kappa shape index (κ3) is 6.81. The molecule has 2 rings (SSSR count). The molecular formula is C22H24F3NO4. The molecule has 0 aliphatic carbocycles. The van der Waals surface area contributed by atoms with E-state index >= 15 is 0 Å².